The van der Waals surface area contributed by atoms with Gasteiger partial charge in [-0.25, -0.2) is 19.6 Å². The molecule has 2 aromatic carbocycles. The highest BCUT2D eigenvalue weighted by Gasteiger charge is 2.47. The van der Waals surface area contributed by atoms with E-state index < -0.39 is 30.3 Å². The van der Waals surface area contributed by atoms with E-state index >= 15 is 0 Å². The van der Waals surface area contributed by atoms with Crippen LogP contribution in [0.4, 0.5) is 4.39 Å². The molecule has 1 fully saturated rings. The molecule has 0 spiro atoms. The van der Waals surface area contributed by atoms with Crippen molar-refractivity contribution in [1.29, 1.82) is 0 Å². The van der Waals surface area contributed by atoms with Crippen LogP contribution in [0, 0.1) is 0 Å². The number of fused-ring (bicyclic) bond motifs is 10. The number of aliphatic hydroxyl groups is 2. The minimum absolute atomic E-state index is 0.0686. The lowest BCUT2D eigenvalue weighted by molar-refractivity contribution is -0.172. The molecule has 0 radical (unpaired) electrons. The number of thioether (sulfide) groups is 1. The minimum Gasteiger partial charge on any atom is -0.458 e. The molecule has 6 aromatic rings. The number of imide groups is 2. The smallest absolute Gasteiger partial charge is 0.343 e. The SMILES string of the molecule is CCc1c2c(nc3ccc(OC(=O)CCCCCN4C(=O)C=CC4=O)cc13)-c1cc3c(c(=O)n1C2)COC(=O)[C@]3(O)CC.CCc1c2c(nc3ccc(OC(=O)CCCCCN4C(=O)CC(SC(P)P)C4=O)cc13)-c1cc3c(c(=O)n1C2)COC(=O)[C@]3(O)CC.PPCS.[2H]CF. The summed E-state index contributed by atoms with van der Waals surface area (Å²) in [5.41, 5.74) is 5.03. The molecule has 10 heterocycles. The maximum atomic E-state index is 13.6. The second-order valence-electron chi connectivity index (χ2n) is 23.4. The van der Waals surface area contributed by atoms with Crippen molar-refractivity contribution in [3.8, 4) is 34.3 Å². The zero-order valence-electron chi connectivity index (χ0n) is 54.5. The number of aryl methyl sites for hydroxylation is 2. The number of nitrogens with zero attached hydrogens (tertiary/aromatic N) is 6. The molecule has 5 unspecified atom stereocenters. The summed E-state index contributed by atoms with van der Waals surface area (Å²) < 4.78 is 40.5. The van der Waals surface area contributed by atoms with Crippen LogP contribution >= 0.6 is 60.1 Å². The summed E-state index contributed by atoms with van der Waals surface area (Å²) in [5, 5.41) is 23.5. The molecule has 0 bridgehead atoms. The molecule has 6 aliphatic rings. The van der Waals surface area contributed by atoms with E-state index in [1.165, 1.54) is 33.7 Å². The number of amides is 4. The van der Waals surface area contributed by atoms with Crippen LogP contribution in [0.2, 0.25) is 0 Å². The van der Waals surface area contributed by atoms with Crippen LogP contribution in [-0.2, 0) is 98.2 Å². The summed E-state index contributed by atoms with van der Waals surface area (Å²) in [4.78, 5) is 138. The van der Waals surface area contributed by atoms with Gasteiger partial charge in [0, 0.05) is 87.8 Å². The molecule has 4 aromatic heterocycles. The highest BCUT2D eigenvalue weighted by Crippen LogP contribution is 2.44. The van der Waals surface area contributed by atoms with E-state index in [4.69, 9.17) is 30.3 Å². The van der Waals surface area contributed by atoms with Gasteiger partial charge in [-0.2, -0.15) is 12.6 Å². The summed E-state index contributed by atoms with van der Waals surface area (Å²) >= 11 is 5.36. The first-order valence-corrected chi connectivity index (χ1v) is 37.5. The highest BCUT2D eigenvalue weighted by atomic mass is 32.2. The Balaban J connectivity index is 0.000000208. The average molecular weight is 1430 g/mol. The number of thiol groups is 1. The maximum absolute atomic E-state index is 13.6. The van der Waals surface area contributed by atoms with Crippen LogP contribution in [0.5, 0.6) is 11.5 Å². The standard InChI is InChI=1S/C33H37N3O8P2S.C32H31N3O8.CH3F.CH6P2S/c1-3-18-19-12-17(44-27(38)8-6-5-7-11-35-26(37)14-25(30(35)40)47-32(45)46)9-10-23(19)34-28-20(18)15-36-24(28)13-22-21(29(36)39)16-43-31(41)33(22,42)4-2;1-3-19-20-14-18(43-28(38)8-6-5-7-13-34-26(36)11-12-27(34)37)9-10-24(20)33-29-21(19)16-35-25(29)15-23-22(30(35)39)17-42-31(40)32(23,41)4-2;1-2;2-3-1-4/h9-10,12-13,25,32,42H,3-8,11,14-16,45-46H2,1-2H3;9-12,14-15,41H,3-8,13,16-17H2,1-2H3;1H3;3-4H,1-2H2/t25?,33-;32-;;/m00../s1/i;;1D;. The van der Waals surface area contributed by atoms with Crippen molar-refractivity contribution < 1.29 is 73.3 Å². The fraction of sp³-hybridized carbons (Fsp3) is 0.433. The van der Waals surface area contributed by atoms with Gasteiger partial charge in [0.25, 0.3) is 22.9 Å². The Labute approximate surface area is 573 Å². The number of benzene rings is 2. The summed E-state index contributed by atoms with van der Waals surface area (Å²) in [6.07, 6.45) is 8.24. The number of ether oxygens (including phenoxy) is 4. The Morgan fingerprint density at radius 3 is 1.52 bits per heavy atom. The van der Waals surface area contributed by atoms with Crippen LogP contribution in [0.1, 0.15) is 144 Å². The van der Waals surface area contributed by atoms with Crippen LogP contribution < -0.4 is 20.6 Å². The van der Waals surface area contributed by atoms with Crippen LogP contribution in [0.3, 0.4) is 0 Å². The van der Waals surface area contributed by atoms with Gasteiger partial charge < -0.3 is 38.3 Å². The number of carbonyl (C=O) groups is 8. The second kappa shape index (κ2) is 31.9. The Bertz CT molecular complexity index is 4290. The Hall–Kier alpha value is -6.67. The average Bonchev–Trinajstić information content (AvgIpc) is 1.62. The van der Waals surface area contributed by atoms with Gasteiger partial charge in [-0.1, -0.05) is 48.8 Å². The highest BCUT2D eigenvalue weighted by molar-refractivity contribution is 8.09. The van der Waals surface area contributed by atoms with Gasteiger partial charge >= 0.3 is 23.9 Å². The van der Waals surface area contributed by atoms with Crippen molar-refractivity contribution in [2.24, 2.45) is 0 Å². The largest absolute Gasteiger partial charge is 0.458 e. The van der Waals surface area contributed by atoms with Gasteiger partial charge in [-0.05, 0) is 111 Å². The molecule has 96 heavy (non-hydrogen) atoms. The molecular formula is C67H77FN6O16P4S2. The number of alkyl halides is 1. The first-order valence-electron chi connectivity index (χ1n) is 32.3. The molecule has 22 nitrogen and oxygen atoms in total. The van der Waals surface area contributed by atoms with Gasteiger partial charge in [0.1, 0.15) is 24.7 Å². The number of hydrogen-bond acceptors (Lipinski definition) is 20. The third-order valence-corrected chi connectivity index (χ3v) is 22.1. The second-order valence-corrected chi connectivity index (χ2v) is 30.8. The molecule has 29 heteroatoms. The first-order chi connectivity index (χ1) is 46.4. The lowest BCUT2D eigenvalue weighted by atomic mass is 9.86. The van der Waals surface area contributed by atoms with Crippen molar-refractivity contribution in [2.75, 3.05) is 25.7 Å². The number of unbranched alkanes of at least 4 members (excludes halogenated alkanes) is 4. The predicted molar refractivity (Wildman–Crippen MR) is 377 cm³/mol. The lowest BCUT2D eigenvalue weighted by Gasteiger charge is -2.31. The van der Waals surface area contributed by atoms with E-state index in [0.29, 0.717) is 110 Å². The molecule has 1 saturated heterocycles. The van der Waals surface area contributed by atoms with E-state index in [1.807, 2.05) is 13.8 Å². The number of aromatic nitrogens is 4. The molecular weight excluding hydrogens is 1350 g/mol. The summed E-state index contributed by atoms with van der Waals surface area (Å²) in [6.45, 7) is 8.23. The molecule has 12 rings (SSSR count). The molecule has 0 aliphatic carbocycles. The molecule has 6 aliphatic heterocycles. The molecule has 4 amide bonds. The van der Waals surface area contributed by atoms with E-state index in [2.05, 4.69) is 40.0 Å². The quantitative estimate of drug-likeness (QED) is 0.0151. The third-order valence-electron chi connectivity index (χ3n) is 17.8. The van der Waals surface area contributed by atoms with Crippen LogP contribution in [0.25, 0.3) is 44.6 Å². The topological polar surface area (TPSA) is 290 Å². The normalized spacial score (nSPS) is 18.8. The van der Waals surface area contributed by atoms with Crippen molar-refractivity contribution in [3.63, 3.8) is 0 Å². The number of halogens is 1. The number of carbonyl (C=O) groups excluding carboxylic acids is 8. The monoisotopic (exact) mass is 1430 g/mol. The Morgan fingerprint density at radius 2 is 1.12 bits per heavy atom. The summed E-state index contributed by atoms with van der Waals surface area (Å²) in [5.74, 6) is -2.40. The molecule has 7 atom stereocenters. The Kier molecular flexibility index (Phi) is 23.9. The zero-order chi connectivity index (χ0) is 70.2. The van der Waals surface area contributed by atoms with Gasteiger partial charge in [0.15, 0.2) is 11.2 Å². The van der Waals surface area contributed by atoms with Crippen LogP contribution in [0.15, 0.2) is 70.3 Å². The number of esters is 4. The molecule has 510 valence electrons. The molecule has 0 saturated carbocycles. The minimum atomic E-state index is -1.89. The summed E-state index contributed by atoms with van der Waals surface area (Å²) in [7, 11) is 7.73. The van der Waals surface area contributed by atoms with E-state index in [0.717, 1.165) is 46.8 Å². The van der Waals surface area contributed by atoms with Crippen molar-refractivity contribution in [3.05, 3.63) is 126 Å². The zero-order valence-corrected chi connectivity index (χ0v) is 59.7. The van der Waals surface area contributed by atoms with E-state index in [-0.39, 0.29) is 137 Å². The Morgan fingerprint density at radius 1 is 0.698 bits per heavy atom. The number of pyridine rings is 4. The fourth-order valence-corrected chi connectivity index (χ4v) is 14.8. The maximum Gasteiger partial charge on any atom is 0.343 e. The van der Waals surface area contributed by atoms with Crippen LogP contribution in [-0.4, -0.2) is 122 Å². The fourth-order valence-electron chi connectivity index (χ4n) is 12.8. The van der Waals surface area contributed by atoms with Crippen molar-refractivity contribution >= 4 is 129 Å². The van der Waals surface area contributed by atoms with E-state index in [9.17, 15) is 62.5 Å². The predicted octanol–water partition coefficient (Wildman–Crippen LogP) is 8.96. The lowest BCUT2D eigenvalue weighted by Crippen LogP contribution is -2.44. The van der Waals surface area contributed by atoms with Gasteiger partial charge in [-0.3, -0.25) is 52.5 Å². The first kappa shape index (κ1) is 72.1. The van der Waals surface area contributed by atoms with E-state index in [1.54, 1.807) is 71.5 Å². The number of likely N-dealkylation sites (tertiary alicyclic amines) is 1. The van der Waals surface area contributed by atoms with Gasteiger partial charge in [0.2, 0.25) is 11.8 Å². The van der Waals surface area contributed by atoms with Gasteiger partial charge in [-0.15, -0.1) is 39.2 Å². The number of cyclic esters (lactones) is 2. The number of hydrogen-bond donors (Lipinski definition) is 3. The van der Waals surface area contributed by atoms with Crippen molar-refractivity contribution in [1.82, 2.24) is 28.9 Å². The third kappa shape index (κ3) is 14.9. The summed E-state index contributed by atoms with van der Waals surface area (Å²) in [6, 6.07) is 13.9. The van der Waals surface area contributed by atoms with Gasteiger partial charge in [0.05, 0.1) is 71.8 Å². The van der Waals surface area contributed by atoms with Crippen molar-refractivity contribution in [2.45, 2.75) is 159 Å². The number of rotatable bonds is 21. The molecule has 2 N–H and O–H groups in total.